The number of hydrogen-bond donors (Lipinski definition) is 2. The molecule has 1 fully saturated rings. The molecule has 0 radical (unpaired) electrons. The minimum Gasteiger partial charge on any atom is -0.484 e. The Hall–Kier alpha value is -1.66. The molecule has 2 rings (SSSR count). The predicted octanol–water partition coefficient (Wildman–Crippen LogP) is 3.77. The van der Waals surface area contributed by atoms with Crippen molar-refractivity contribution in [3.05, 3.63) is 33.9 Å². The lowest BCUT2D eigenvalue weighted by atomic mass is 9.84. The van der Waals surface area contributed by atoms with E-state index in [9.17, 15) is 15.2 Å². The third-order valence-corrected chi connectivity index (χ3v) is 4.56. The maximum absolute atomic E-state index is 11.4. The highest BCUT2D eigenvalue weighted by molar-refractivity contribution is 5.49. The monoisotopic (exact) mass is 350 g/mol. The van der Waals surface area contributed by atoms with Gasteiger partial charge in [-0.1, -0.05) is 25.3 Å². The van der Waals surface area contributed by atoms with Gasteiger partial charge in [-0.3, -0.25) is 10.1 Å². The number of ether oxygens (including phenoxy) is 1. The lowest BCUT2D eigenvalue weighted by Gasteiger charge is -2.23. The minimum absolute atomic E-state index is 0.0148. The normalized spacial score (nSPS) is 17.3. The Morgan fingerprint density at radius 2 is 2.00 bits per heavy atom. The van der Waals surface area contributed by atoms with Gasteiger partial charge in [-0.25, -0.2) is 0 Å². The van der Waals surface area contributed by atoms with Crippen molar-refractivity contribution in [2.24, 2.45) is 0 Å². The largest absolute Gasteiger partial charge is 0.484 e. The summed E-state index contributed by atoms with van der Waals surface area (Å²) in [6, 6.07) is 5.25. The first-order chi connectivity index (χ1) is 11.8. The van der Waals surface area contributed by atoms with E-state index in [1.807, 2.05) is 26.8 Å². The van der Waals surface area contributed by atoms with Crippen LogP contribution in [0, 0.1) is 10.1 Å². The molecule has 0 aromatic heterocycles. The Morgan fingerprint density at radius 1 is 1.32 bits per heavy atom. The van der Waals surface area contributed by atoms with Crippen LogP contribution in [0.5, 0.6) is 5.75 Å². The molecule has 0 aliphatic heterocycles. The van der Waals surface area contributed by atoms with Crippen molar-refractivity contribution in [1.29, 1.82) is 0 Å². The van der Waals surface area contributed by atoms with Gasteiger partial charge >= 0.3 is 5.69 Å². The number of aliphatic hydroxyl groups is 1. The zero-order chi connectivity index (χ0) is 18.4. The third-order valence-electron chi connectivity index (χ3n) is 4.56. The van der Waals surface area contributed by atoms with Crippen LogP contribution in [0.1, 0.15) is 64.4 Å². The van der Waals surface area contributed by atoms with Crippen LogP contribution in [-0.4, -0.2) is 34.8 Å². The van der Waals surface area contributed by atoms with Gasteiger partial charge in [-0.2, -0.15) is 0 Å². The van der Waals surface area contributed by atoms with Crippen molar-refractivity contribution >= 4 is 5.69 Å². The van der Waals surface area contributed by atoms with E-state index in [0.29, 0.717) is 12.5 Å². The first-order valence-electron chi connectivity index (χ1n) is 9.10. The molecule has 140 valence electrons. The third kappa shape index (κ3) is 6.29. The van der Waals surface area contributed by atoms with Crippen molar-refractivity contribution in [1.82, 2.24) is 5.32 Å². The number of rotatable bonds is 7. The van der Waals surface area contributed by atoms with Gasteiger partial charge in [0, 0.05) is 18.2 Å². The van der Waals surface area contributed by atoms with Crippen LogP contribution in [0.2, 0.25) is 0 Å². The molecule has 0 amide bonds. The molecule has 0 heterocycles. The van der Waals surface area contributed by atoms with E-state index in [1.54, 1.807) is 12.1 Å². The topological polar surface area (TPSA) is 84.6 Å². The molecular weight excluding hydrogens is 320 g/mol. The van der Waals surface area contributed by atoms with E-state index >= 15 is 0 Å². The lowest BCUT2D eigenvalue weighted by molar-refractivity contribution is -0.386. The van der Waals surface area contributed by atoms with Gasteiger partial charge in [0.1, 0.15) is 12.7 Å². The molecule has 1 aliphatic rings. The number of β-amino-alcohol motifs (C(OH)–C–C–N with tert-alkyl or cyclic N) is 1. The highest BCUT2D eigenvalue weighted by Gasteiger charge is 2.22. The lowest BCUT2D eigenvalue weighted by Crippen LogP contribution is -2.42. The SMILES string of the molecule is CC(C)(C)NC[C@@H](O)COc1ccc(C2CCCCC2)cc1[N+](=O)[O-]. The molecule has 0 saturated heterocycles. The minimum atomic E-state index is -0.725. The van der Waals surface area contributed by atoms with E-state index in [0.717, 1.165) is 18.4 Å². The zero-order valence-electron chi connectivity index (χ0n) is 15.5. The maximum Gasteiger partial charge on any atom is 0.311 e. The molecule has 2 N–H and O–H groups in total. The molecule has 1 saturated carbocycles. The average Bonchev–Trinajstić information content (AvgIpc) is 2.58. The van der Waals surface area contributed by atoms with E-state index in [-0.39, 0.29) is 23.6 Å². The molecule has 1 atom stereocenters. The van der Waals surface area contributed by atoms with Gasteiger partial charge in [-0.05, 0) is 51.2 Å². The van der Waals surface area contributed by atoms with Crippen molar-refractivity contribution in [2.75, 3.05) is 13.2 Å². The summed E-state index contributed by atoms with van der Waals surface area (Å²) >= 11 is 0. The standard InChI is InChI=1S/C19H30N2O4/c1-19(2,3)20-12-16(22)13-25-18-10-9-15(11-17(18)21(23)24)14-7-5-4-6-8-14/h9-11,14,16,20,22H,4-8,12-13H2,1-3H3/t16-/m1/s1. The maximum atomic E-state index is 11.4. The Balaban J connectivity index is 2.01. The van der Waals surface area contributed by atoms with Crippen LogP contribution in [0.25, 0.3) is 0 Å². The summed E-state index contributed by atoms with van der Waals surface area (Å²) in [6.07, 6.45) is 5.08. The zero-order valence-corrected chi connectivity index (χ0v) is 15.5. The van der Waals surface area contributed by atoms with Crippen LogP contribution < -0.4 is 10.1 Å². The van der Waals surface area contributed by atoms with E-state index in [2.05, 4.69) is 5.32 Å². The molecule has 0 bridgehead atoms. The van der Waals surface area contributed by atoms with Gasteiger partial charge in [0.15, 0.2) is 5.75 Å². The smallest absolute Gasteiger partial charge is 0.311 e. The molecule has 1 aromatic carbocycles. The fraction of sp³-hybridized carbons (Fsp3) is 0.684. The molecule has 6 nitrogen and oxygen atoms in total. The second-order valence-electron chi connectivity index (χ2n) is 7.91. The number of nitrogens with one attached hydrogen (secondary N) is 1. The number of nitro groups is 1. The van der Waals surface area contributed by atoms with Crippen molar-refractivity contribution in [3.63, 3.8) is 0 Å². The summed E-state index contributed by atoms with van der Waals surface area (Å²) in [5.74, 6) is 0.627. The molecule has 6 heteroatoms. The first kappa shape index (κ1) is 19.7. The second kappa shape index (κ2) is 8.63. The summed E-state index contributed by atoms with van der Waals surface area (Å²) in [4.78, 5) is 11.0. The van der Waals surface area contributed by atoms with Gasteiger partial charge < -0.3 is 15.2 Å². The highest BCUT2D eigenvalue weighted by atomic mass is 16.6. The highest BCUT2D eigenvalue weighted by Crippen LogP contribution is 2.37. The Bertz CT molecular complexity index is 577. The molecular formula is C19H30N2O4. The number of hydrogen-bond acceptors (Lipinski definition) is 5. The van der Waals surface area contributed by atoms with Crippen LogP contribution in [-0.2, 0) is 0 Å². The van der Waals surface area contributed by atoms with Crippen molar-refractivity contribution in [3.8, 4) is 5.75 Å². The fourth-order valence-electron chi connectivity index (χ4n) is 3.16. The molecule has 25 heavy (non-hydrogen) atoms. The van der Waals surface area contributed by atoms with Crippen LogP contribution in [0.3, 0.4) is 0 Å². The van der Waals surface area contributed by atoms with Gasteiger partial charge in [-0.15, -0.1) is 0 Å². The summed E-state index contributed by atoms with van der Waals surface area (Å²) in [7, 11) is 0. The first-order valence-corrected chi connectivity index (χ1v) is 9.10. The van der Waals surface area contributed by atoms with E-state index < -0.39 is 11.0 Å². The van der Waals surface area contributed by atoms with Crippen LogP contribution in [0.15, 0.2) is 18.2 Å². The molecule has 1 aliphatic carbocycles. The van der Waals surface area contributed by atoms with Crippen LogP contribution in [0.4, 0.5) is 5.69 Å². The predicted molar refractivity (Wildman–Crippen MR) is 98.2 cm³/mol. The Kier molecular flexibility index (Phi) is 6.79. The van der Waals surface area contributed by atoms with Crippen LogP contribution >= 0.6 is 0 Å². The van der Waals surface area contributed by atoms with Crippen molar-refractivity contribution < 1.29 is 14.8 Å². The van der Waals surface area contributed by atoms with E-state index in [4.69, 9.17) is 4.74 Å². The Morgan fingerprint density at radius 3 is 2.60 bits per heavy atom. The van der Waals surface area contributed by atoms with Gasteiger partial charge in [0.2, 0.25) is 0 Å². The Labute approximate surface area is 149 Å². The molecule has 0 spiro atoms. The summed E-state index contributed by atoms with van der Waals surface area (Å²) in [6.45, 7) is 6.42. The van der Waals surface area contributed by atoms with Gasteiger partial charge in [0.25, 0.3) is 0 Å². The number of benzene rings is 1. The summed E-state index contributed by atoms with van der Waals surface area (Å²) in [5, 5.41) is 24.6. The van der Waals surface area contributed by atoms with E-state index in [1.165, 1.54) is 19.3 Å². The number of nitrogens with zero attached hydrogens (tertiary/aromatic N) is 1. The average molecular weight is 350 g/mol. The van der Waals surface area contributed by atoms with Gasteiger partial charge in [0.05, 0.1) is 4.92 Å². The summed E-state index contributed by atoms with van der Waals surface area (Å²) in [5.41, 5.74) is 0.905. The second-order valence-corrected chi connectivity index (χ2v) is 7.91. The number of nitro benzene ring substituents is 1. The molecule has 1 aromatic rings. The quantitative estimate of drug-likeness (QED) is 0.577. The molecule has 0 unspecified atom stereocenters. The fourth-order valence-corrected chi connectivity index (χ4v) is 3.16. The number of aliphatic hydroxyl groups excluding tert-OH is 1. The van der Waals surface area contributed by atoms with Crippen molar-refractivity contribution in [2.45, 2.75) is 70.4 Å². The summed E-state index contributed by atoms with van der Waals surface area (Å²) < 4.78 is 5.54.